The molecule has 1 amide bonds. The predicted molar refractivity (Wildman–Crippen MR) is 99.2 cm³/mol. The third kappa shape index (κ3) is 6.06. The molecule has 0 bridgehead atoms. The predicted octanol–water partition coefficient (Wildman–Crippen LogP) is 2.98. The standard InChI is InChI=1S/C19H26N4O2/c1-13-21-16(18(24)23-19(2,3)4)12-17(22-13)20-11-10-14-6-8-15(25-5)9-7-14/h6-9,12H,10-11H2,1-5H3,(H,23,24)(H,20,21,22). The van der Waals surface area contributed by atoms with E-state index in [2.05, 4.69) is 20.6 Å². The fraction of sp³-hybridized carbons (Fsp3) is 0.421. The Balaban J connectivity index is 1.98. The molecule has 25 heavy (non-hydrogen) atoms. The van der Waals surface area contributed by atoms with Crippen molar-refractivity contribution in [3.8, 4) is 5.75 Å². The molecule has 0 saturated carbocycles. The molecule has 0 saturated heterocycles. The molecule has 1 heterocycles. The summed E-state index contributed by atoms with van der Waals surface area (Å²) < 4.78 is 5.16. The van der Waals surface area contributed by atoms with Gasteiger partial charge in [0.05, 0.1) is 7.11 Å². The van der Waals surface area contributed by atoms with Crippen LogP contribution in [0.5, 0.6) is 5.75 Å². The van der Waals surface area contributed by atoms with Crippen LogP contribution in [0, 0.1) is 6.92 Å². The summed E-state index contributed by atoms with van der Waals surface area (Å²) in [6.45, 7) is 8.30. The Bertz CT molecular complexity index is 721. The number of carbonyl (C=O) groups excluding carboxylic acids is 1. The van der Waals surface area contributed by atoms with Crippen molar-refractivity contribution in [2.24, 2.45) is 0 Å². The number of aryl methyl sites for hydroxylation is 1. The highest BCUT2D eigenvalue weighted by atomic mass is 16.5. The normalized spacial score (nSPS) is 11.1. The highest BCUT2D eigenvalue weighted by molar-refractivity contribution is 5.93. The number of ether oxygens (including phenoxy) is 1. The minimum absolute atomic E-state index is 0.198. The highest BCUT2D eigenvalue weighted by Gasteiger charge is 2.17. The Morgan fingerprint density at radius 1 is 1.16 bits per heavy atom. The maximum absolute atomic E-state index is 12.3. The van der Waals surface area contributed by atoms with Crippen molar-refractivity contribution < 1.29 is 9.53 Å². The summed E-state index contributed by atoms with van der Waals surface area (Å²) in [6.07, 6.45) is 0.844. The Kier molecular flexibility index (Phi) is 5.96. The van der Waals surface area contributed by atoms with E-state index < -0.39 is 0 Å². The zero-order valence-electron chi connectivity index (χ0n) is 15.5. The lowest BCUT2D eigenvalue weighted by molar-refractivity contribution is 0.0914. The summed E-state index contributed by atoms with van der Waals surface area (Å²) in [6, 6.07) is 9.64. The van der Waals surface area contributed by atoms with Crippen LogP contribution in [0.25, 0.3) is 0 Å². The minimum Gasteiger partial charge on any atom is -0.497 e. The average molecular weight is 342 g/mol. The summed E-state index contributed by atoms with van der Waals surface area (Å²) in [5, 5.41) is 6.17. The number of anilines is 1. The molecule has 2 rings (SSSR count). The fourth-order valence-corrected chi connectivity index (χ4v) is 2.31. The van der Waals surface area contributed by atoms with Gasteiger partial charge in [0, 0.05) is 18.2 Å². The van der Waals surface area contributed by atoms with Gasteiger partial charge in [0.2, 0.25) is 0 Å². The molecule has 0 spiro atoms. The smallest absolute Gasteiger partial charge is 0.270 e. The number of carbonyl (C=O) groups is 1. The lowest BCUT2D eigenvalue weighted by Gasteiger charge is -2.20. The van der Waals surface area contributed by atoms with Crippen LogP contribution < -0.4 is 15.4 Å². The monoisotopic (exact) mass is 342 g/mol. The van der Waals surface area contributed by atoms with E-state index in [9.17, 15) is 4.79 Å². The fourth-order valence-electron chi connectivity index (χ4n) is 2.31. The van der Waals surface area contributed by atoms with Crippen LogP contribution in [0.1, 0.15) is 42.6 Å². The SMILES string of the molecule is COc1ccc(CCNc2cc(C(=O)NC(C)(C)C)nc(C)n2)cc1. The second-order valence-corrected chi connectivity index (χ2v) is 6.91. The van der Waals surface area contributed by atoms with E-state index in [-0.39, 0.29) is 11.4 Å². The van der Waals surface area contributed by atoms with Crippen LogP contribution in [0.2, 0.25) is 0 Å². The van der Waals surface area contributed by atoms with Gasteiger partial charge in [-0.15, -0.1) is 0 Å². The first-order valence-electron chi connectivity index (χ1n) is 8.32. The molecule has 0 aliphatic rings. The highest BCUT2D eigenvalue weighted by Crippen LogP contribution is 2.13. The Hall–Kier alpha value is -2.63. The average Bonchev–Trinajstić information content (AvgIpc) is 2.53. The molecule has 134 valence electrons. The van der Waals surface area contributed by atoms with Crippen LogP contribution in [-0.4, -0.2) is 35.1 Å². The number of hydrogen-bond donors (Lipinski definition) is 2. The maximum Gasteiger partial charge on any atom is 0.270 e. The number of aromatic nitrogens is 2. The van der Waals surface area contributed by atoms with Crippen LogP contribution in [0.3, 0.4) is 0 Å². The summed E-state index contributed by atoms with van der Waals surface area (Å²) in [5.74, 6) is 1.86. The van der Waals surface area contributed by atoms with Crippen LogP contribution in [0.4, 0.5) is 5.82 Å². The molecule has 0 fully saturated rings. The summed E-state index contributed by atoms with van der Waals surface area (Å²) in [7, 11) is 1.65. The van der Waals surface area contributed by atoms with Gasteiger partial charge in [0.1, 0.15) is 23.1 Å². The van der Waals surface area contributed by atoms with Gasteiger partial charge in [-0.05, 0) is 51.8 Å². The van der Waals surface area contributed by atoms with E-state index in [1.165, 1.54) is 5.56 Å². The first-order chi connectivity index (χ1) is 11.8. The number of nitrogens with zero attached hydrogens (tertiary/aromatic N) is 2. The van der Waals surface area contributed by atoms with Gasteiger partial charge in [0.15, 0.2) is 0 Å². The van der Waals surface area contributed by atoms with Crippen molar-refractivity contribution in [3.63, 3.8) is 0 Å². The Morgan fingerprint density at radius 2 is 1.84 bits per heavy atom. The largest absolute Gasteiger partial charge is 0.497 e. The lowest BCUT2D eigenvalue weighted by Crippen LogP contribution is -2.41. The summed E-state index contributed by atoms with van der Waals surface area (Å²) in [4.78, 5) is 20.9. The molecule has 0 aliphatic heterocycles. The number of rotatable bonds is 6. The van der Waals surface area contributed by atoms with E-state index in [4.69, 9.17) is 4.74 Å². The van der Waals surface area contributed by atoms with Gasteiger partial charge < -0.3 is 15.4 Å². The molecule has 2 N–H and O–H groups in total. The summed E-state index contributed by atoms with van der Waals surface area (Å²) in [5.41, 5.74) is 1.26. The van der Waals surface area contributed by atoms with Crippen molar-refractivity contribution in [1.82, 2.24) is 15.3 Å². The van der Waals surface area contributed by atoms with Crippen molar-refractivity contribution in [3.05, 3.63) is 47.4 Å². The van der Waals surface area contributed by atoms with Gasteiger partial charge in [-0.2, -0.15) is 0 Å². The summed E-state index contributed by atoms with van der Waals surface area (Å²) >= 11 is 0. The van der Waals surface area contributed by atoms with Crippen LogP contribution >= 0.6 is 0 Å². The first-order valence-corrected chi connectivity index (χ1v) is 8.32. The van der Waals surface area contributed by atoms with E-state index in [1.807, 2.05) is 45.0 Å². The molecule has 0 radical (unpaired) electrons. The Morgan fingerprint density at radius 3 is 2.44 bits per heavy atom. The van der Waals surface area contributed by atoms with E-state index in [1.54, 1.807) is 20.1 Å². The molecule has 0 atom stereocenters. The van der Waals surface area contributed by atoms with Crippen molar-refractivity contribution in [1.29, 1.82) is 0 Å². The molecule has 6 heteroatoms. The van der Waals surface area contributed by atoms with E-state index in [0.29, 0.717) is 23.9 Å². The number of amides is 1. The van der Waals surface area contributed by atoms with E-state index >= 15 is 0 Å². The van der Waals surface area contributed by atoms with Crippen molar-refractivity contribution in [2.75, 3.05) is 19.0 Å². The second-order valence-electron chi connectivity index (χ2n) is 6.91. The molecule has 0 unspecified atom stereocenters. The van der Waals surface area contributed by atoms with Gasteiger partial charge in [-0.25, -0.2) is 9.97 Å². The maximum atomic E-state index is 12.3. The minimum atomic E-state index is -0.308. The molecule has 1 aromatic carbocycles. The zero-order valence-corrected chi connectivity index (χ0v) is 15.5. The lowest BCUT2D eigenvalue weighted by atomic mass is 10.1. The molecule has 1 aromatic heterocycles. The van der Waals surface area contributed by atoms with Gasteiger partial charge in [-0.3, -0.25) is 4.79 Å². The van der Waals surface area contributed by atoms with E-state index in [0.717, 1.165) is 12.2 Å². The first kappa shape index (κ1) is 18.7. The van der Waals surface area contributed by atoms with Crippen LogP contribution in [0.15, 0.2) is 30.3 Å². The topological polar surface area (TPSA) is 76.1 Å². The second kappa shape index (κ2) is 7.96. The van der Waals surface area contributed by atoms with Gasteiger partial charge in [-0.1, -0.05) is 12.1 Å². The third-order valence-electron chi connectivity index (χ3n) is 3.44. The number of benzene rings is 1. The molecular weight excluding hydrogens is 316 g/mol. The molecule has 6 nitrogen and oxygen atoms in total. The van der Waals surface area contributed by atoms with Gasteiger partial charge in [0.25, 0.3) is 5.91 Å². The van der Waals surface area contributed by atoms with Gasteiger partial charge >= 0.3 is 0 Å². The number of nitrogens with one attached hydrogen (secondary N) is 2. The Labute approximate surface area is 149 Å². The molecular formula is C19H26N4O2. The molecule has 0 aliphatic carbocycles. The molecule has 2 aromatic rings. The quantitative estimate of drug-likeness (QED) is 0.844. The zero-order chi connectivity index (χ0) is 18.4. The number of methoxy groups -OCH3 is 1. The van der Waals surface area contributed by atoms with Crippen LogP contribution in [-0.2, 0) is 6.42 Å². The van der Waals surface area contributed by atoms with Crippen molar-refractivity contribution in [2.45, 2.75) is 39.7 Å². The third-order valence-corrected chi connectivity index (χ3v) is 3.44. The van der Waals surface area contributed by atoms with Crippen molar-refractivity contribution >= 4 is 11.7 Å². The number of hydrogen-bond acceptors (Lipinski definition) is 5.